The first-order valence-electron chi connectivity index (χ1n) is 10.3. The molecule has 29 heavy (non-hydrogen) atoms. The number of nitrogens with zero attached hydrogens (tertiary/aromatic N) is 1. The number of hydrogen-bond acceptors (Lipinski definition) is 3. The summed E-state index contributed by atoms with van der Waals surface area (Å²) in [6, 6.07) is 10.8. The van der Waals surface area contributed by atoms with Crippen LogP contribution in [0.2, 0.25) is 5.02 Å². The van der Waals surface area contributed by atoms with Gasteiger partial charge in [-0.3, -0.25) is 9.79 Å². The van der Waals surface area contributed by atoms with Gasteiger partial charge in [0, 0.05) is 21.9 Å². The van der Waals surface area contributed by atoms with Gasteiger partial charge in [0.25, 0.3) is 0 Å². The molecule has 1 atom stereocenters. The molecule has 2 rings (SSSR count). The highest BCUT2D eigenvalue weighted by Crippen LogP contribution is 2.32. The Morgan fingerprint density at radius 3 is 2.34 bits per heavy atom. The van der Waals surface area contributed by atoms with Crippen LogP contribution in [0.25, 0.3) is 0 Å². The lowest BCUT2D eigenvalue weighted by molar-refractivity contribution is 0.101. The van der Waals surface area contributed by atoms with Crippen molar-refractivity contribution in [1.82, 2.24) is 0 Å². The lowest BCUT2D eigenvalue weighted by atomic mass is 9.89. The second kappa shape index (κ2) is 12.4. The Kier molecular flexibility index (Phi) is 10.7. The van der Waals surface area contributed by atoms with E-state index in [4.69, 9.17) is 11.6 Å². The molecule has 0 fully saturated rings. The summed E-state index contributed by atoms with van der Waals surface area (Å²) in [6.07, 6.45) is 4.23. The third-order valence-corrected chi connectivity index (χ3v) is 5.10. The predicted octanol–water partition coefficient (Wildman–Crippen LogP) is 8.04. The van der Waals surface area contributed by atoms with Crippen molar-refractivity contribution in [2.24, 2.45) is 4.99 Å². The number of aryl methyl sites for hydroxylation is 1. The molecule has 2 aromatic rings. The minimum atomic E-state index is -0.0278. The summed E-state index contributed by atoms with van der Waals surface area (Å²) in [4.78, 5) is 16.5. The minimum Gasteiger partial charge on any atom is -0.508 e. The van der Waals surface area contributed by atoms with Crippen LogP contribution in [0.3, 0.4) is 0 Å². The fourth-order valence-electron chi connectivity index (χ4n) is 2.95. The van der Waals surface area contributed by atoms with Crippen LogP contribution in [-0.4, -0.2) is 16.6 Å². The van der Waals surface area contributed by atoms with Gasteiger partial charge in [0.05, 0.1) is 5.69 Å². The number of hydrogen-bond donors (Lipinski definition) is 1. The van der Waals surface area contributed by atoms with Gasteiger partial charge in [-0.15, -0.1) is 0 Å². The third kappa shape index (κ3) is 8.02. The molecule has 2 aromatic carbocycles. The number of Topliss-reactive ketones (excluding diaryl/α,β-unsaturated/α-hetero) is 1. The van der Waals surface area contributed by atoms with Gasteiger partial charge in [0.2, 0.25) is 0 Å². The molecule has 0 aromatic heterocycles. The van der Waals surface area contributed by atoms with Crippen molar-refractivity contribution in [3.63, 3.8) is 0 Å². The highest BCUT2D eigenvalue weighted by molar-refractivity contribution is 6.30. The van der Waals surface area contributed by atoms with Crippen LogP contribution in [0, 0.1) is 6.92 Å². The van der Waals surface area contributed by atoms with E-state index in [0.717, 1.165) is 35.4 Å². The maximum atomic E-state index is 11.8. The molecule has 0 saturated heterocycles. The second-order valence-corrected chi connectivity index (χ2v) is 7.95. The Morgan fingerprint density at radius 1 is 1.14 bits per heavy atom. The number of phenolic OH excluding ortho intramolecular Hbond substituents is 1. The quantitative estimate of drug-likeness (QED) is 0.367. The molecule has 0 amide bonds. The van der Waals surface area contributed by atoms with Crippen LogP contribution in [0.15, 0.2) is 41.4 Å². The fourth-order valence-corrected chi connectivity index (χ4v) is 3.18. The van der Waals surface area contributed by atoms with Crippen LogP contribution in [0.1, 0.15) is 87.7 Å². The number of benzene rings is 2. The van der Waals surface area contributed by atoms with Crippen LogP contribution < -0.4 is 0 Å². The molecule has 3 nitrogen and oxygen atoms in total. The largest absolute Gasteiger partial charge is 0.508 e. The number of carbonyl (C=O) groups is 1. The van der Waals surface area contributed by atoms with Crippen LogP contribution >= 0.6 is 11.6 Å². The summed E-state index contributed by atoms with van der Waals surface area (Å²) in [5, 5.41) is 10.9. The molecule has 0 aliphatic rings. The van der Waals surface area contributed by atoms with E-state index < -0.39 is 0 Å². The Labute approximate surface area is 180 Å². The lowest BCUT2D eigenvalue weighted by Crippen LogP contribution is -2.05. The van der Waals surface area contributed by atoms with E-state index in [1.807, 2.05) is 39.0 Å². The molecule has 0 unspecified atom stereocenters. The number of carbonyl (C=O) groups excluding carboxylic acids is 1. The average Bonchev–Trinajstić information content (AvgIpc) is 2.68. The number of aromatic hydroxyl groups is 1. The first-order chi connectivity index (χ1) is 13.7. The van der Waals surface area contributed by atoms with E-state index in [9.17, 15) is 9.90 Å². The van der Waals surface area contributed by atoms with Crippen molar-refractivity contribution in [2.45, 2.75) is 73.1 Å². The maximum Gasteiger partial charge on any atom is 0.160 e. The molecule has 0 spiro atoms. The smallest absolute Gasteiger partial charge is 0.160 e. The molecule has 0 bridgehead atoms. The van der Waals surface area contributed by atoms with E-state index >= 15 is 0 Å². The molecule has 0 saturated carbocycles. The van der Waals surface area contributed by atoms with Crippen LogP contribution in [0.4, 0.5) is 5.69 Å². The van der Waals surface area contributed by atoms with E-state index in [-0.39, 0.29) is 17.5 Å². The Balaban J connectivity index is 0.000000960. The molecule has 0 heterocycles. The highest BCUT2D eigenvalue weighted by atomic mass is 35.5. The van der Waals surface area contributed by atoms with Gasteiger partial charge in [0.1, 0.15) is 5.75 Å². The first-order valence-corrected chi connectivity index (χ1v) is 10.7. The summed E-state index contributed by atoms with van der Waals surface area (Å²) in [5.41, 5.74) is 4.29. The zero-order valence-electron chi connectivity index (χ0n) is 18.6. The monoisotopic (exact) mass is 415 g/mol. The number of phenols is 1. The van der Waals surface area contributed by atoms with Gasteiger partial charge in [-0.1, -0.05) is 57.3 Å². The number of rotatable bonds is 7. The van der Waals surface area contributed by atoms with Crippen molar-refractivity contribution in [3.8, 4) is 5.75 Å². The first kappa shape index (κ1) is 24.9. The summed E-state index contributed by atoms with van der Waals surface area (Å²) in [6.45, 7) is 11.9. The molecule has 0 aliphatic carbocycles. The summed E-state index contributed by atoms with van der Waals surface area (Å²) in [7, 11) is 0. The van der Waals surface area contributed by atoms with Gasteiger partial charge >= 0.3 is 0 Å². The Morgan fingerprint density at radius 2 is 1.79 bits per heavy atom. The van der Waals surface area contributed by atoms with E-state index in [2.05, 4.69) is 18.8 Å². The molecular formula is C25H34ClNO2. The predicted molar refractivity (Wildman–Crippen MR) is 125 cm³/mol. The molecule has 158 valence electrons. The fraction of sp³-hybridized carbons (Fsp3) is 0.440. The van der Waals surface area contributed by atoms with Crippen molar-refractivity contribution in [1.29, 1.82) is 0 Å². The van der Waals surface area contributed by atoms with E-state index in [1.165, 1.54) is 19.8 Å². The SMILES string of the molecule is CC(=O)c1cccc(O)c1[C@H](C)CCC(C)=Nc1ccc(Cl)cc1C.CCCC. The zero-order chi connectivity index (χ0) is 22.0. The van der Waals surface area contributed by atoms with Gasteiger partial charge in [0.15, 0.2) is 5.78 Å². The normalized spacial score (nSPS) is 12.2. The Hall–Kier alpha value is -2.13. The summed E-state index contributed by atoms with van der Waals surface area (Å²) in [5.74, 6) is 0.222. The average molecular weight is 416 g/mol. The lowest BCUT2D eigenvalue weighted by Gasteiger charge is -2.17. The van der Waals surface area contributed by atoms with Gasteiger partial charge in [-0.25, -0.2) is 0 Å². The second-order valence-electron chi connectivity index (χ2n) is 7.51. The van der Waals surface area contributed by atoms with Crippen molar-refractivity contribution in [3.05, 3.63) is 58.1 Å². The highest BCUT2D eigenvalue weighted by Gasteiger charge is 2.17. The van der Waals surface area contributed by atoms with Crippen molar-refractivity contribution in [2.75, 3.05) is 0 Å². The number of ketones is 1. The van der Waals surface area contributed by atoms with Crippen molar-refractivity contribution >= 4 is 28.8 Å². The molecular weight excluding hydrogens is 382 g/mol. The van der Waals surface area contributed by atoms with E-state index in [1.54, 1.807) is 18.2 Å². The molecule has 0 radical (unpaired) electrons. The standard InChI is InChI=1S/C21H24ClNO2.C4H10/c1-13(21-18(16(4)24)6-5-7-20(21)25)8-9-15(3)23-19-11-10-17(22)12-14(19)2;1-3-4-2/h5-7,10-13,25H,8-9H2,1-4H3;3-4H2,1-2H3/t13-;/m1./s1. The molecule has 4 heteroatoms. The minimum absolute atomic E-state index is 0.0278. The zero-order valence-corrected chi connectivity index (χ0v) is 19.3. The number of unbranched alkanes of at least 4 members (excludes halogenated alkanes) is 1. The Bertz CT molecular complexity index is 841. The topological polar surface area (TPSA) is 49.7 Å². The van der Waals surface area contributed by atoms with Gasteiger partial charge in [-0.05, 0) is 69.4 Å². The van der Waals surface area contributed by atoms with Gasteiger partial charge < -0.3 is 5.11 Å². The van der Waals surface area contributed by atoms with Crippen molar-refractivity contribution < 1.29 is 9.90 Å². The van der Waals surface area contributed by atoms with E-state index in [0.29, 0.717) is 10.6 Å². The third-order valence-electron chi connectivity index (χ3n) is 4.86. The number of aliphatic imine (C=N–C) groups is 1. The molecule has 1 N–H and O–H groups in total. The number of halogens is 1. The van der Waals surface area contributed by atoms with Gasteiger partial charge in [-0.2, -0.15) is 0 Å². The van der Waals surface area contributed by atoms with Crippen LogP contribution in [-0.2, 0) is 0 Å². The summed E-state index contributed by atoms with van der Waals surface area (Å²) < 4.78 is 0. The maximum absolute atomic E-state index is 11.8. The summed E-state index contributed by atoms with van der Waals surface area (Å²) >= 11 is 5.98. The van der Waals surface area contributed by atoms with Crippen LogP contribution in [0.5, 0.6) is 5.75 Å². The molecule has 0 aliphatic heterocycles.